The minimum Gasteiger partial charge on any atom is -0.545 e. The van der Waals surface area contributed by atoms with E-state index in [9.17, 15) is 19.5 Å². The first kappa shape index (κ1) is 73.9. The lowest BCUT2D eigenvalue weighted by atomic mass is 10.1. The second-order valence-electron chi connectivity index (χ2n) is 20.9. The Bertz CT molecular complexity index is 1850. The Morgan fingerprint density at radius 2 is 0.684 bits per heavy atom. The number of unbranched alkanes of at least 4 members (excludes halogenated alkanes) is 13. The van der Waals surface area contributed by atoms with Crippen LogP contribution >= 0.6 is 0 Å². The second-order valence-corrected chi connectivity index (χ2v) is 20.9. The van der Waals surface area contributed by atoms with Crippen LogP contribution in [0.1, 0.15) is 206 Å². The highest BCUT2D eigenvalue weighted by atomic mass is 16.7. The maximum Gasteiger partial charge on any atom is 0.306 e. The fourth-order valence-corrected chi connectivity index (χ4v) is 7.64. The maximum absolute atomic E-state index is 12.9. The molecule has 0 aliphatic rings. The number of hydrogen-bond donors (Lipinski definition) is 0. The van der Waals surface area contributed by atoms with Crippen LogP contribution in [-0.4, -0.2) is 82.3 Å². The molecule has 0 radical (unpaired) electrons. The molecule has 0 aromatic heterocycles. The number of quaternary nitrogens is 1. The van der Waals surface area contributed by atoms with Gasteiger partial charge in [0.2, 0.25) is 0 Å². The average molecular weight is 1090 g/mol. The molecule has 0 saturated carbocycles. The summed E-state index contributed by atoms with van der Waals surface area (Å²) < 4.78 is 22.7. The molecule has 0 N–H and O–H groups in total. The van der Waals surface area contributed by atoms with Crippen molar-refractivity contribution >= 4 is 17.9 Å². The quantitative estimate of drug-likeness (QED) is 0.0195. The molecule has 0 amide bonds. The van der Waals surface area contributed by atoms with E-state index in [1.807, 2.05) is 21.1 Å². The number of carboxylic acid groups (broad SMARTS) is 1. The Morgan fingerprint density at radius 1 is 0.380 bits per heavy atom. The standard InChI is InChI=1S/C70H111NO8/c1-6-8-10-12-14-16-18-20-22-24-25-26-27-28-29-30-31-32-33-34-35-36-37-38-39-40-41-42-43-45-47-49-51-53-55-57-59-61-68(73)79-66(65-78-70(69(74)75)76-63-62-71(3,4)5)64-77-67(72)60-58-56-54-52-50-48-46-44-23-21-19-17-15-13-11-9-7-2/h8-11,14-17,20-23,25-26,28-29,31-32,34-35,37-38,40-41,43,45,66,70H,6-7,12-13,18-19,24,27,30,33,36,39,42,44,46-65H2,1-5H3/b10-8-,11-9-,16-14-,17-15-,22-20-,23-21-,26-25-,29-28-,32-31-,35-34-,38-37-,41-40-,45-43-. The van der Waals surface area contributed by atoms with Gasteiger partial charge in [-0.2, -0.15) is 0 Å². The van der Waals surface area contributed by atoms with Crippen LogP contribution in [0, 0.1) is 0 Å². The smallest absolute Gasteiger partial charge is 0.306 e. The first-order valence-electron chi connectivity index (χ1n) is 30.6. The molecular formula is C70H111NO8. The predicted octanol–water partition coefficient (Wildman–Crippen LogP) is 17.2. The van der Waals surface area contributed by atoms with Crippen LogP contribution in [-0.2, 0) is 33.3 Å². The molecule has 0 aromatic carbocycles. The third-order valence-corrected chi connectivity index (χ3v) is 12.3. The number of ether oxygens (including phenoxy) is 4. The van der Waals surface area contributed by atoms with Crippen molar-refractivity contribution in [1.29, 1.82) is 0 Å². The lowest BCUT2D eigenvalue weighted by molar-refractivity contribution is -0.870. The number of nitrogens with zero attached hydrogens (tertiary/aromatic N) is 1. The Morgan fingerprint density at radius 3 is 1.01 bits per heavy atom. The van der Waals surface area contributed by atoms with E-state index in [-0.39, 0.29) is 38.6 Å². The van der Waals surface area contributed by atoms with E-state index in [1.54, 1.807) is 0 Å². The zero-order valence-electron chi connectivity index (χ0n) is 50.4. The lowest BCUT2D eigenvalue weighted by Gasteiger charge is -2.26. The summed E-state index contributed by atoms with van der Waals surface area (Å²) in [5.74, 6) is -2.34. The predicted molar refractivity (Wildman–Crippen MR) is 333 cm³/mol. The van der Waals surface area contributed by atoms with Crippen LogP contribution in [0.15, 0.2) is 158 Å². The topological polar surface area (TPSA) is 111 Å². The van der Waals surface area contributed by atoms with Crippen molar-refractivity contribution in [2.75, 3.05) is 47.5 Å². The summed E-state index contributed by atoms with van der Waals surface area (Å²) in [6.07, 6.45) is 84.4. The number of hydrogen-bond acceptors (Lipinski definition) is 8. The summed E-state index contributed by atoms with van der Waals surface area (Å²) in [5, 5.41) is 11.8. The van der Waals surface area contributed by atoms with Crippen molar-refractivity contribution < 1.29 is 42.9 Å². The van der Waals surface area contributed by atoms with Gasteiger partial charge in [0.25, 0.3) is 0 Å². The Kier molecular flexibility index (Phi) is 55.2. The molecule has 0 fully saturated rings. The largest absolute Gasteiger partial charge is 0.545 e. The van der Waals surface area contributed by atoms with E-state index in [0.717, 1.165) is 154 Å². The van der Waals surface area contributed by atoms with Crippen LogP contribution in [0.5, 0.6) is 0 Å². The highest BCUT2D eigenvalue weighted by Gasteiger charge is 2.22. The van der Waals surface area contributed by atoms with Crippen molar-refractivity contribution in [3.63, 3.8) is 0 Å². The maximum atomic E-state index is 12.9. The molecule has 2 atom stereocenters. The number of aliphatic carboxylic acids is 1. The molecule has 0 saturated heterocycles. The molecule has 0 aliphatic heterocycles. The third-order valence-electron chi connectivity index (χ3n) is 12.3. The molecule has 0 aliphatic carbocycles. The number of carbonyl (C=O) groups is 3. The molecule has 79 heavy (non-hydrogen) atoms. The minimum atomic E-state index is -1.64. The zero-order valence-corrected chi connectivity index (χ0v) is 50.4. The molecule has 0 bridgehead atoms. The highest BCUT2D eigenvalue weighted by Crippen LogP contribution is 2.14. The van der Waals surface area contributed by atoms with Gasteiger partial charge in [0.1, 0.15) is 13.2 Å². The van der Waals surface area contributed by atoms with Crippen LogP contribution in [0.3, 0.4) is 0 Å². The first-order valence-corrected chi connectivity index (χ1v) is 30.6. The van der Waals surface area contributed by atoms with Gasteiger partial charge in [-0.15, -0.1) is 0 Å². The van der Waals surface area contributed by atoms with Gasteiger partial charge in [-0.1, -0.05) is 230 Å². The van der Waals surface area contributed by atoms with E-state index in [2.05, 4.69) is 172 Å². The zero-order chi connectivity index (χ0) is 57.6. The molecule has 0 spiro atoms. The Balaban J connectivity index is 4.27. The van der Waals surface area contributed by atoms with E-state index in [1.165, 1.54) is 19.3 Å². The van der Waals surface area contributed by atoms with E-state index in [0.29, 0.717) is 17.4 Å². The SMILES string of the molecule is CC/C=C\C/C=C\C/C=C\C/C=C\C/C=C\C/C=C\C/C=C\C/C=C\C/C=C\C/C=C\CCCCCCCCC(=O)OC(COC(=O)CCCCCCCCC/C=C\C/C=C\C/C=C\CC)COC(OCC[N+](C)(C)C)C(=O)[O-]. The van der Waals surface area contributed by atoms with Gasteiger partial charge in [-0.3, -0.25) is 9.59 Å². The Labute approximate surface area is 483 Å². The van der Waals surface area contributed by atoms with E-state index < -0.39 is 24.3 Å². The summed E-state index contributed by atoms with van der Waals surface area (Å²) in [6, 6.07) is 0. The first-order chi connectivity index (χ1) is 38.6. The second kappa shape index (κ2) is 59.0. The van der Waals surface area contributed by atoms with Crippen molar-refractivity contribution in [1.82, 2.24) is 0 Å². The van der Waals surface area contributed by atoms with Gasteiger partial charge in [0.05, 0.1) is 40.3 Å². The molecule has 0 heterocycles. The molecule has 2 unspecified atom stereocenters. The van der Waals surface area contributed by atoms with Crippen LogP contribution in [0.2, 0.25) is 0 Å². The summed E-state index contributed by atoms with van der Waals surface area (Å²) in [4.78, 5) is 37.3. The van der Waals surface area contributed by atoms with E-state index in [4.69, 9.17) is 18.9 Å². The van der Waals surface area contributed by atoms with Gasteiger partial charge in [0, 0.05) is 12.8 Å². The number of rotatable bonds is 54. The van der Waals surface area contributed by atoms with Crippen LogP contribution in [0.25, 0.3) is 0 Å². The number of carboxylic acids is 1. The summed E-state index contributed by atoms with van der Waals surface area (Å²) in [5.41, 5.74) is 0. The molecule has 9 nitrogen and oxygen atoms in total. The van der Waals surface area contributed by atoms with Crippen molar-refractivity contribution in [3.05, 3.63) is 158 Å². The fourth-order valence-electron chi connectivity index (χ4n) is 7.64. The van der Waals surface area contributed by atoms with Gasteiger partial charge in [-0.05, 0) is 122 Å². The number of carbonyl (C=O) groups excluding carboxylic acids is 3. The van der Waals surface area contributed by atoms with Crippen molar-refractivity contribution in [3.8, 4) is 0 Å². The molecule has 0 aromatic rings. The monoisotopic (exact) mass is 1090 g/mol. The Hall–Kier alpha value is -5.09. The van der Waals surface area contributed by atoms with Gasteiger partial charge < -0.3 is 33.3 Å². The van der Waals surface area contributed by atoms with Crippen LogP contribution in [0.4, 0.5) is 0 Å². The number of allylic oxidation sites excluding steroid dienone is 26. The summed E-state index contributed by atoms with van der Waals surface area (Å²) in [7, 11) is 5.90. The van der Waals surface area contributed by atoms with Crippen molar-refractivity contribution in [2.24, 2.45) is 0 Å². The highest BCUT2D eigenvalue weighted by molar-refractivity contribution is 5.70. The molecular weight excluding hydrogens is 983 g/mol. The van der Waals surface area contributed by atoms with Crippen LogP contribution < -0.4 is 5.11 Å². The average Bonchev–Trinajstić information content (AvgIpc) is 3.42. The molecule has 0 rings (SSSR count). The van der Waals surface area contributed by atoms with E-state index >= 15 is 0 Å². The summed E-state index contributed by atoms with van der Waals surface area (Å²) in [6.45, 7) is 4.46. The number of esters is 2. The van der Waals surface area contributed by atoms with Gasteiger partial charge in [0.15, 0.2) is 12.4 Å². The normalized spacial score (nSPS) is 13.9. The molecule has 444 valence electrons. The van der Waals surface area contributed by atoms with Gasteiger partial charge >= 0.3 is 11.9 Å². The lowest BCUT2D eigenvalue weighted by Crippen LogP contribution is -2.44. The fraction of sp³-hybridized carbons (Fsp3) is 0.586. The van der Waals surface area contributed by atoms with Crippen molar-refractivity contribution in [2.45, 2.75) is 219 Å². The summed E-state index contributed by atoms with van der Waals surface area (Å²) >= 11 is 0. The molecule has 9 heteroatoms. The number of likely N-dealkylation sites (N-methyl/N-ethyl adjacent to an activating group) is 1. The third kappa shape index (κ3) is 60.4. The van der Waals surface area contributed by atoms with Gasteiger partial charge in [-0.25, -0.2) is 0 Å². The minimum absolute atomic E-state index is 0.134.